The number of carbonyl (C=O) groups is 1. The van der Waals surface area contributed by atoms with Crippen molar-refractivity contribution in [2.24, 2.45) is 17.8 Å². The van der Waals surface area contributed by atoms with Crippen molar-refractivity contribution in [2.45, 2.75) is 50.9 Å². The fourth-order valence-corrected chi connectivity index (χ4v) is 5.76. The predicted molar refractivity (Wildman–Crippen MR) is 76.8 cm³/mol. The molecule has 1 aromatic rings. The first-order valence-electron chi connectivity index (χ1n) is 7.70. The summed E-state index contributed by atoms with van der Waals surface area (Å²) in [6, 6.07) is 0. The van der Waals surface area contributed by atoms with Crippen LogP contribution >= 0.6 is 0 Å². The van der Waals surface area contributed by atoms with E-state index in [2.05, 4.69) is 4.98 Å². The minimum Gasteiger partial charge on any atom is -0.478 e. The zero-order valence-corrected chi connectivity index (χ0v) is 11.9. The van der Waals surface area contributed by atoms with Crippen molar-refractivity contribution in [3.63, 3.8) is 0 Å². The number of anilines is 1. The van der Waals surface area contributed by atoms with Gasteiger partial charge in [0, 0.05) is 16.8 Å². The summed E-state index contributed by atoms with van der Waals surface area (Å²) < 4.78 is 0. The Hall–Kier alpha value is -1.45. The highest BCUT2D eigenvalue weighted by atomic mass is 16.4. The second-order valence-electron chi connectivity index (χ2n) is 7.42. The normalized spacial score (nSPS) is 38.4. The molecule has 20 heavy (non-hydrogen) atoms. The monoisotopic (exact) mass is 274 g/mol. The molecule has 0 radical (unpaired) electrons. The number of aromatic nitrogens is 1. The molecule has 4 heteroatoms. The Labute approximate surface area is 118 Å². The summed E-state index contributed by atoms with van der Waals surface area (Å²) in [7, 11) is 0. The number of nitrogens with one attached hydrogen (secondary N) is 1. The Kier molecular flexibility index (Phi) is 2.34. The number of aromatic carboxylic acids is 1. The van der Waals surface area contributed by atoms with E-state index < -0.39 is 5.97 Å². The van der Waals surface area contributed by atoms with Crippen molar-refractivity contribution < 1.29 is 9.90 Å². The number of rotatable bonds is 2. The van der Waals surface area contributed by atoms with Gasteiger partial charge in [-0.15, -0.1) is 0 Å². The molecule has 0 unspecified atom stereocenters. The van der Waals surface area contributed by atoms with E-state index in [9.17, 15) is 9.90 Å². The van der Waals surface area contributed by atoms with Gasteiger partial charge in [0.05, 0.1) is 5.69 Å². The van der Waals surface area contributed by atoms with Crippen LogP contribution in [0, 0.1) is 24.7 Å². The largest absolute Gasteiger partial charge is 0.478 e. The topological polar surface area (TPSA) is 79.1 Å². The average molecular weight is 274 g/mol. The smallest absolute Gasteiger partial charge is 0.339 e. The molecule has 4 saturated carbocycles. The first-order valence-corrected chi connectivity index (χ1v) is 7.70. The van der Waals surface area contributed by atoms with E-state index in [1.165, 1.54) is 38.5 Å². The zero-order valence-electron chi connectivity index (χ0n) is 11.9. The van der Waals surface area contributed by atoms with E-state index in [0.717, 1.165) is 23.4 Å². The van der Waals surface area contributed by atoms with E-state index in [0.29, 0.717) is 11.4 Å². The van der Waals surface area contributed by atoms with Crippen molar-refractivity contribution >= 4 is 11.7 Å². The summed E-state index contributed by atoms with van der Waals surface area (Å²) in [5.74, 6) is 1.58. The van der Waals surface area contributed by atoms with Gasteiger partial charge in [0.1, 0.15) is 5.56 Å². The van der Waals surface area contributed by atoms with Gasteiger partial charge in [0.15, 0.2) is 0 Å². The second-order valence-corrected chi connectivity index (χ2v) is 7.42. The molecule has 108 valence electrons. The molecule has 1 heterocycles. The van der Waals surface area contributed by atoms with Gasteiger partial charge in [-0.2, -0.15) is 0 Å². The Morgan fingerprint density at radius 1 is 1.20 bits per heavy atom. The molecule has 4 fully saturated rings. The molecule has 0 aromatic carbocycles. The molecule has 5 rings (SSSR count). The number of carboxylic acid groups (broad SMARTS) is 1. The van der Waals surface area contributed by atoms with Crippen molar-refractivity contribution in [1.82, 2.24) is 4.98 Å². The van der Waals surface area contributed by atoms with E-state index in [1.54, 1.807) is 0 Å². The summed E-state index contributed by atoms with van der Waals surface area (Å²) in [6.45, 7) is 1.82. The number of nitrogens with two attached hydrogens (primary N) is 1. The van der Waals surface area contributed by atoms with Gasteiger partial charge in [-0.25, -0.2) is 4.79 Å². The third-order valence-electron chi connectivity index (χ3n) is 6.01. The minimum atomic E-state index is -0.910. The molecular formula is C16H22N2O2. The fourth-order valence-electron chi connectivity index (χ4n) is 5.76. The van der Waals surface area contributed by atoms with Crippen LogP contribution in [0.5, 0.6) is 0 Å². The maximum Gasteiger partial charge on any atom is 0.339 e. The van der Waals surface area contributed by atoms with Crippen LogP contribution in [-0.2, 0) is 5.41 Å². The van der Waals surface area contributed by atoms with Crippen LogP contribution in [0.4, 0.5) is 5.69 Å². The van der Waals surface area contributed by atoms with Gasteiger partial charge in [-0.05, 0) is 63.2 Å². The van der Waals surface area contributed by atoms with Crippen molar-refractivity contribution in [1.29, 1.82) is 0 Å². The van der Waals surface area contributed by atoms with Gasteiger partial charge in [0.2, 0.25) is 0 Å². The number of carboxylic acids is 1. The summed E-state index contributed by atoms with van der Waals surface area (Å²) >= 11 is 0. The van der Waals surface area contributed by atoms with E-state index in [4.69, 9.17) is 5.73 Å². The molecule has 4 N–H and O–H groups in total. The SMILES string of the molecule is Cc1[nH]c(C23CC4CC(CC(C4)C2)C3)c(N)c1C(=O)O. The highest BCUT2D eigenvalue weighted by Gasteiger charge is 2.53. The first kappa shape index (κ1) is 12.3. The second kappa shape index (κ2) is 3.80. The van der Waals surface area contributed by atoms with Crippen molar-refractivity contribution in [3.8, 4) is 0 Å². The van der Waals surface area contributed by atoms with Crippen LogP contribution in [0.1, 0.15) is 60.3 Å². The first-order chi connectivity index (χ1) is 9.48. The molecule has 4 bridgehead atoms. The van der Waals surface area contributed by atoms with E-state index in [-0.39, 0.29) is 11.0 Å². The Morgan fingerprint density at radius 3 is 2.10 bits per heavy atom. The van der Waals surface area contributed by atoms with Crippen LogP contribution in [0.2, 0.25) is 0 Å². The molecule has 0 saturated heterocycles. The number of aryl methyl sites for hydroxylation is 1. The van der Waals surface area contributed by atoms with E-state index >= 15 is 0 Å². The van der Waals surface area contributed by atoms with Gasteiger partial charge in [-0.3, -0.25) is 0 Å². The quantitative estimate of drug-likeness (QED) is 0.775. The lowest BCUT2D eigenvalue weighted by Crippen LogP contribution is -2.49. The summed E-state index contributed by atoms with van der Waals surface area (Å²) in [5, 5.41) is 9.34. The zero-order chi connectivity index (χ0) is 14.1. The lowest BCUT2D eigenvalue weighted by molar-refractivity contribution is -0.00665. The lowest BCUT2D eigenvalue weighted by atomic mass is 9.48. The standard InChI is InChI=1S/C16H22N2O2/c1-8-12(15(19)20)13(17)14(18-8)16-5-9-2-10(6-16)4-11(3-9)7-16/h9-11,18H,2-7,17H2,1H3,(H,19,20). The van der Waals surface area contributed by atoms with Crippen molar-refractivity contribution in [2.75, 3.05) is 5.73 Å². The lowest BCUT2D eigenvalue weighted by Gasteiger charge is -2.56. The minimum absolute atomic E-state index is 0.136. The molecule has 0 spiro atoms. The highest BCUT2D eigenvalue weighted by molar-refractivity contribution is 5.96. The highest BCUT2D eigenvalue weighted by Crippen LogP contribution is 2.61. The van der Waals surface area contributed by atoms with Crippen LogP contribution in [0.15, 0.2) is 0 Å². The summed E-state index contributed by atoms with van der Waals surface area (Å²) in [6.07, 6.45) is 7.73. The van der Waals surface area contributed by atoms with Crippen LogP contribution < -0.4 is 5.73 Å². The number of nitrogen functional groups attached to an aromatic ring is 1. The van der Waals surface area contributed by atoms with Crippen LogP contribution in [0.3, 0.4) is 0 Å². The molecule has 4 aliphatic rings. The average Bonchev–Trinajstić information content (AvgIpc) is 2.63. The Balaban J connectivity index is 1.81. The molecule has 0 aliphatic heterocycles. The molecular weight excluding hydrogens is 252 g/mol. The number of hydrogen-bond acceptors (Lipinski definition) is 2. The van der Waals surface area contributed by atoms with Gasteiger partial charge >= 0.3 is 5.97 Å². The van der Waals surface area contributed by atoms with Crippen molar-refractivity contribution in [3.05, 3.63) is 17.0 Å². The van der Waals surface area contributed by atoms with Crippen LogP contribution in [0.25, 0.3) is 0 Å². The van der Waals surface area contributed by atoms with Gasteiger partial charge in [-0.1, -0.05) is 0 Å². The molecule has 4 nitrogen and oxygen atoms in total. The third kappa shape index (κ3) is 1.51. The fraction of sp³-hybridized carbons (Fsp3) is 0.688. The van der Waals surface area contributed by atoms with Gasteiger partial charge in [0.25, 0.3) is 0 Å². The third-order valence-corrected chi connectivity index (χ3v) is 6.01. The molecule has 4 aliphatic carbocycles. The Morgan fingerprint density at radius 2 is 1.70 bits per heavy atom. The van der Waals surface area contributed by atoms with Crippen LogP contribution in [-0.4, -0.2) is 16.1 Å². The molecule has 0 amide bonds. The molecule has 0 atom stereocenters. The Bertz CT molecular complexity index is 552. The number of H-pyrrole nitrogens is 1. The number of hydrogen-bond donors (Lipinski definition) is 3. The maximum atomic E-state index is 11.4. The number of aromatic amines is 1. The predicted octanol–water partition coefficient (Wildman–Crippen LogP) is 3.07. The maximum absolute atomic E-state index is 11.4. The summed E-state index contributed by atoms with van der Waals surface area (Å²) in [5.41, 5.74) is 8.88. The van der Waals surface area contributed by atoms with Gasteiger partial charge < -0.3 is 15.8 Å². The van der Waals surface area contributed by atoms with E-state index in [1.807, 2.05) is 6.92 Å². The summed E-state index contributed by atoms with van der Waals surface area (Å²) in [4.78, 5) is 14.7. The molecule has 1 aromatic heterocycles.